The molecule has 0 spiro atoms. The first kappa shape index (κ1) is 10.8. The molecule has 0 saturated carbocycles. The number of aromatic nitrogens is 2. The first-order valence-electron chi connectivity index (χ1n) is 6.22. The molecule has 0 radical (unpaired) electrons. The molecular weight excluding hydrogens is 256 g/mol. The van der Waals surface area contributed by atoms with Crippen LogP contribution < -0.4 is 0 Å². The predicted octanol–water partition coefficient (Wildman–Crippen LogP) is 4.38. The third-order valence-electron chi connectivity index (χ3n) is 3.52. The summed E-state index contributed by atoms with van der Waals surface area (Å²) in [7, 11) is 0. The molecule has 4 rings (SSSR count). The Morgan fingerprint density at radius 2 is 1.74 bits per heavy atom. The molecule has 0 aliphatic heterocycles. The Morgan fingerprint density at radius 3 is 2.63 bits per heavy atom. The van der Waals surface area contributed by atoms with Crippen molar-refractivity contribution in [3.63, 3.8) is 0 Å². The van der Waals surface area contributed by atoms with E-state index >= 15 is 0 Å². The van der Waals surface area contributed by atoms with Crippen molar-refractivity contribution in [3.8, 4) is 0 Å². The topological polar surface area (TPSA) is 17.3 Å². The molecule has 0 bridgehead atoms. The summed E-state index contributed by atoms with van der Waals surface area (Å²) in [5, 5.41) is 2.37. The maximum atomic E-state index is 6.08. The average Bonchev–Trinajstić information content (AvgIpc) is 2.86. The Balaban J connectivity index is 2.34. The molecule has 0 unspecified atom stereocenters. The van der Waals surface area contributed by atoms with Gasteiger partial charge in [0.2, 0.25) is 0 Å². The van der Waals surface area contributed by atoms with E-state index in [9.17, 15) is 0 Å². The predicted molar refractivity (Wildman–Crippen MR) is 79.8 cm³/mol. The molecule has 0 aliphatic carbocycles. The number of halogens is 1. The van der Waals surface area contributed by atoms with Gasteiger partial charge in [-0.3, -0.25) is 4.40 Å². The van der Waals surface area contributed by atoms with E-state index in [1.54, 1.807) is 0 Å². The fourth-order valence-electron chi connectivity index (χ4n) is 2.70. The van der Waals surface area contributed by atoms with Crippen LogP contribution in [0.25, 0.3) is 27.3 Å². The van der Waals surface area contributed by atoms with Crippen molar-refractivity contribution < 1.29 is 0 Å². The maximum Gasteiger partial charge on any atom is 0.129 e. The summed E-state index contributed by atoms with van der Waals surface area (Å²) in [5.74, 6) is 1.29. The van der Waals surface area contributed by atoms with Crippen LogP contribution in [0.2, 0.25) is 0 Å². The van der Waals surface area contributed by atoms with Crippen LogP contribution in [0.15, 0.2) is 54.6 Å². The minimum Gasteiger partial charge on any atom is -0.296 e. The summed E-state index contributed by atoms with van der Waals surface area (Å²) in [6.45, 7) is 0. The lowest BCUT2D eigenvalue weighted by Gasteiger charge is -2.07. The van der Waals surface area contributed by atoms with Gasteiger partial charge < -0.3 is 0 Å². The highest BCUT2D eigenvalue weighted by Gasteiger charge is 2.10. The van der Waals surface area contributed by atoms with Crippen LogP contribution in [0.4, 0.5) is 0 Å². The molecule has 2 heterocycles. The quantitative estimate of drug-likeness (QED) is 0.467. The van der Waals surface area contributed by atoms with Crippen molar-refractivity contribution in [1.29, 1.82) is 0 Å². The van der Waals surface area contributed by atoms with Crippen molar-refractivity contribution >= 4 is 38.9 Å². The van der Waals surface area contributed by atoms with Gasteiger partial charge in [0, 0.05) is 10.8 Å². The zero-order valence-electron chi connectivity index (χ0n) is 10.2. The van der Waals surface area contributed by atoms with Crippen LogP contribution in [0, 0.1) is 0 Å². The Morgan fingerprint density at radius 1 is 0.947 bits per heavy atom. The maximum absolute atomic E-state index is 6.08. The number of nitrogens with zero attached hydrogens (tertiary/aromatic N) is 2. The third-order valence-corrected chi connectivity index (χ3v) is 3.76. The number of hydrogen-bond donors (Lipinski definition) is 0. The number of rotatable bonds is 1. The summed E-state index contributed by atoms with van der Waals surface area (Å²) in [4.78, 5) is 4.68. The van der Waals surface area contributed by atoms with Crippen LogP contribution in [-0.2, 0) is 5.88 Å². The lowest BCUT2D eigenvalue weighted by molar-refractivity contribution is 1.02. The molecule has 92 valence electrons. The van der Waals surface area contributed by atoms with Crippen LogP contribution in [0.1, 0.15) is 5.82 Å². The SMILES string of the molecule is ClCc1nc2ccccc2c2cc3ccccc3n12. The molecule has 4 aromatic rings. The van der Waals surface area contributed by atoms with Gasteiger partial charge in [0.25, 0.3) is 0 Å². The van der Waals surface area contributed by atoms with Crippen molar-refractivity contribution in [1.82, 2.24) is 9.38 Å². The highest BCUT2D eigenvalue weighted by Crippen LogP contribution is 2.27. The van der Waals surface area contributed by atoms with Crippen molar-refractivity contribution in [2.24, 2.45) is 0 Å². The zero-order chi connectivity index (χ0) is 12.8. The number of alkyl halides is 1. The summed E-state index contributed by atoms with van der Waals surface area (Å²) >= 11 is 6.08. The molecule has 2 aromatic heterocycles. The monoisotopic (exact) mass is 266 g/mol. The van der Waals surface area contributed by atoms with E-state index in [0.717, 1.165) is 22.2 Å². The molecule has 2 aromatic carbocycles. The summed E-state index contributed by atoms with van der Waals surface area (Å²) in [6.07, 6.45) is 0. The van der Waals surface area contributed by atoms with Crippen molar-refractivity contribution in [2.75, 3.05) is 0 Å². The molecular formula is C16H11ClN2. The fourth-order valence-corrected chi connectivity index (χ4v) is 2.88. The largest absolute Gasteiger partial charge is 0.296 e. The molecule has 19 heavy (non-hydrogen) atoms. The van der Waals surface area contributed by atoms with Crippen LogP contribution >= 0.6 is 11.6 Å². The zero-order valence-corrected chi connectivity index (χ0v) is 10.9. The van der Waals surface area contributed by atoms with Crippen molar-refractivity contribution in [3.05, 3.63) is 60.4 Å². The van der Waals surface area contributed by atoms with E-state index in [4.69, 9.17) is 11.6 Å². The second kappa shape index (κ2) is 3.97. The standard InChI is InChI=1S/C16H11ClN2/c17-10-16-18-13-7-3-2-6-12(13)15-9-11-5-1-4-8-14(11)19(15)16/h1-9H,10H2. The number of benzene rings is 2. The first-order chi connectivity index (χ1) is 9.38. The van der Waals surface area contributed by atoms with E-state index in [-0.39, 0.29) is 0 Å². The smallest absolute Gasteiger partial charge is 0.129 e. The van der Waals surface area contributed by atoms with Gasteiger partial charge in [0.05, 0.1) is 22.4 Å². The molecule has 0 aliphatic rings. The van der Waals surface area contributed by atoms with Gasteiger partial charge in [-0.2, -0.15) is 0 Å². The Bertz CT molecular complexity index is 908. The molecule has 0 N–H and O–H groups in total. The first-order valence-corrected chi connectivity index (χ1v) is 6.76. The van der Waals surface area contributed by atoms with E-state index < -0.39 is 0 Å². The van der Waals surface area contributed by atoms with Gasteiger partial charge in [-0.15, -0.1) is 11.6 Å². The van der Waals surface area contributed by atoms with Gasteiger partial charge in [-0.25, -0.2) is 4.98 Å². The van der Waals surface area contributed by atoms with Crippen LogP contribution in [0.5, 0.6) is 0 Å². The van der Waals surface area contributed by atoms with E-state index in [2.05, 4.69) is 39.7 Å². The highest BCUT2D eigenvalue weighted by atomic mass is 35.5. The average molecular weight is 267 g/mol. The Labute approximate surface area is 115 Å². The van der Waals surface area contributed by atoms with Crippen LogP contribution in [-0.4, -0.2) is 9.38 Å². The molecule has 2 nitrogen and oxygen atoms in total. The van der Waals surface area contributed by atoms with Gasteiger partial charge in [0.15, 0.2) is 0 Å². The lowest BCUT2D eigenvalue weighted by atomic mass is 10.2. The third kappa shape index (κ3) is 1.47. The molecule has 0 atom stereocenters. The molecule has 0 fully saturated rings. The second-order valence-electron chi connectivity index (χ2n) is 4.60. The summed E-state index contributed by atoms with van der Waals surface area (Å²) in [6, 6.07) is 18.7. The lowest BCUT2D eigenvalue weighted by Crippen LogP contribution is -1.99. The Kier molecular flexibility index (Phi) is 2.26. The van der Waals surface area contributed by atoms with Gasteiger partial charge >= 0.3 is 0 Å². The minimum absolute atomic E-state index is 0.403. The van der Waals surface area contributed by atoms with Crippen molar-refractivity contribution in [2.45, 2.75) is 5.88 Å². The van der Waals surface area contributed by atoms with E-state index in [0.29, 0.717) is 5.88 Å². The molecule has 0 saturated heterocycles. The molecule has 3 heteroatoms. The van der Waals surface area contributed by atoms with Gasteiger partial charge in [-0.1, -0.05) is 36.4 Å². The normalized spacial score (nSPS) is 11.6. The second-order valence-corrected chi connectivity index (χ2v) is 4.87. The number of hydrogen-bond acceptors (Lipinski definition) is 1. The summed E-state index contributed by atoms with van der Waals surface area (Å²) in [5.41, 5.74) is 3.32. The minimum atomic E-state index is 0.403. The van der Waals surface area contributed by atoms with E-state index in [1.165, 1.54) is 10.9 Å². The molecule has 0 amide bonds. The van der Waals surface area contributed by atoms with E-state index in [1.807, 2.05) is 24.3 Å². The van der Waals surface area contributed by atoms with Crippen LogP contribution in [0.3, 0.4) is 0 Å². The number of para-hydroxylation sites is 2. The Hall–Kier alpha value is -2.06. The summed E-state index contributed by atoms with van der Waals surface area (Å²) < 4.78 is 2.16. The number of fused-ring (bicyclic) bond motifs is 5. The van der Waals surface area contributed by atoms with Gasteiger partial charge in [0.1, 0.15) is 5.82 Å². The fraction of sp³-hybridized carbons (Fsp3) is 0.0625. The highest BCUT2D eigenvalue weighted by molar-refractivity contribution is 6.17. The van der Waals surface area contributed by atoms with Gasteiger partial charge in [-0.05, 0) is 18.2 Å².